The highest BCUT2D eigenvalue weighted by Gasteiger charge is 2.51. The summed E-state index contributed by atoms with van der Waals surface area (Å²) in [5.41, 5.74) is -0.494. The van der Waals surface area contributed by atoms with E-state index in [1.807, 2.05) is 0 Å². The van der Waals surface area contributed by atoms with E-state index in [1.165, 1.54) is 17.3 Å². The van der Waals surface area contributed by atoms with Gasteiger partial charge >= 0.3 is 6.03 Å². The zero-order valence-electron chi connectivity index (χ0n) is 13.0. The van der Waals surface area contributed by atoms with E-state index in [-0.39, 0.29) is 12.5 Å². The Balaban J connectivity index is 1.84. The second kappa shape index (κ2) is 5.94. The van der Waals surface area contributed by atoms with Crippen LogP contribution >= 0.6 is 0 Å². The molecule has 0 bridgehead atoms. The third kappa shape index (κ3) is 2.88. The van der Waals surface area contributed by atoms with Crippen molar-refractivity contribution in [2.24, 2.45) is 0 Å². The van der Waals surface area contributed by atoms with Crippen LogP contribution in [-0.2, 0) is 9.59 Å². The molecule has 1 spiro atoms. The maximum absolute atomic E-state index is 12.6. The topological polar surface area (TPSA) is 104 Å². The molecule has 2 fully saturated rings. The van der Waals surface area contributed by atoms with Crippen molar-refractivity contribution in [3.8, 4) is 0 Å². The molecular weight excluding hydrogens is 298 g/mol. The van der Waals surface area contributed by atoms with Crippen LogP contribution in [0.2, 0.25) is 0 Å². The summed E-state index contributed by atoms with van der Waals surface area (Å²) in [5, 5.41) is 5.05. The number of carbonyl (C=O) groups excluding carboxylic acids is 3. The summed E-state index contributed by atoms with van der Waals surface area (Å²) >= 11 is 0. The number of hydrogen-bond donors (Lipinski definition) is 2. The molecule has 2 N–H and O–H groups in total. The van der Waals surface area contributed by atoms with Crippen molar-refractivity contribution in [2.45, 2.75) is 44.6 Å². The Morgan fingerprint density at radius 2 is 1.87 bits per heavy atom. The normalized spacial score (nSPS) is 20.3. The lowest BCUT2D eigenvalue weighted by atomic mass is 9.78. The quantitative estimate of drug-likeness (QED) is 0.751. The monoisotopic (exact) mass is 317 g/mol. The number of carbonyl (C=O) groups is 3. The van der Waals surface area contributed by atoms with Gasteiger partial charge in [0.25, 0.3) is 5.91 Å². The highest BCUT2D eigenvalue weighted by Crippen LogP contribution is 2.35. The van der Waals surface area contributed by atoms with Crippen molar-refractivity contribution in [2.75, 3.05) is 11.9 Å². The predicted molar refractivity (Wildman–Crippen MR) is 81.5 cm³/mol. The van der Waals surface area contributed by atoms with E-state index >= 15 is 0 Å². The first-order valence-electron chi connectivity index (χ1n) is 7.73. The third-order valence-corrected chi connectivity index (χ3v) is 4.45. The van der Waals surface area contributed by atoms with Gasteiger partial charge in [0, 0.05) is 0 Å². The summed E-state index contributed by atoms with van der Waals surface area (Å²) in [6.07, 6.45) is 6.90. The number of rotatable bonds is 1. The minimum absolute atomic E-state index is 0.121. The molecule has 8 heteroatoms. The van der Waals surface area contributed by atoms with Gasteiger partial charge in [-0.15, -0.1) is 0 Å². The third-order valence-electron chi connectivity index (χ3n) is 4.45. The van der Waals surface area contributed by atoms with Crippen LogP contribution in [0.3, 0.4) is 0 Å². The Morgan fingerprint density at radius 3 is 2.52 bits per heavy atom. The zero-order chi connectivity index (χ0) is 16.4. The maximum Gasteiger partial charge on any atom is 0.323 e. The predicted octanol–water partition coefficient (Wildman–Crippen LogP) is 0.978. The molecule has 2 aliphatic rings. The van der Waals surface area contributed by atoms with Gasteiger partial charge in [-0.2, -0.15) is 0 Å². The molecule has 1 saturated carbocycles. The van der Waals surface area contributed by atoms with E-state index < -0.39 is 17.5 Å². The number of anilines is 1. The van der Waals surface area contributed by atoms with Gasteiger partial charge in [0.15, 0.2) is 0 Å². The summed E-state index contributed by atoms with van der Waals surface area (Å²) in [5.74, 6) is -0.232. The second-order valence-corrected chi connectivity index (χ2v) is 6.00. The van der Waals surface area contributed by atoms with E-state index in [1.54, 1.807) is 6.92 Å². The van der Waals surface area contributed by atoms with E-state index in [4.69, 9.17) is 0 Å². The number of aromatic nitrogens is 2. The van der Waals surface area contributed by atoms with Gasteiger partial charge in [-0.25, -0.2) is 14.8 Å². The van der Waals surface area contributed by atoms with E-state index in [0.29, 0.717) is 24.4 Å². The summed E-state index contributed by atoms with van der Waals surface area (Å²) in [7, 11) is 0. The van der Waals surface area contributed by atoms with Crippen molar-refractivity contribution in [3.05, 3.63) is 18.2 Å². The lowest BCUT2D eigenvalue weighted by molar-refractivity contribution is -0.146. The van der Waals surface area contributed by atoms with Crippen LogP contribution < -0.4 is 10.6 Å². The minimum atomic E-state index is -0.929. The number of urea groups is 1. The van der Waals surface area contributed by atoms with Crippen LogP contribution in [0.1, 0.15) is 37.9 Å². The molecule has 0 atom stereocenters. The van der Waals surface area contributed by atoms with Gasteiger partial charge in [-0.05, 0) is 19.8 Å². The fourth-order valence-corrected chi connectivity index (χ4v) is 3.25. The Hall–Kier alpha value is -2.51. The maximum atomic E-state index is 12.6. The molecule has 1 saturated heterocycles. The van der Waals surface area contributed by atoms with Crippen molar-refractivity contribution < 1.29 is 14.4 Å². The molecule has 2 heterocycles. The number of piperazine rings is 1. The first-order chi connectivity index (χ1) is 11.0. The smallest absolute Gasteiger partial charge is 0.305 e. The van der Waals surface area contributed by atoms with Crippen LogP contribution in [0.25, 0.3) is 0 Å². The molecule has 4 amide bonds. The molecule has 0 radical (unpaired) electrons. The number of amides is 4. The average Bonchev–Trinajstić information content (AvgIpc) is 2.54. The molecule has 8 nitrogen and oxygen atoms in total. The van der Waals surface area contributed by atoms with E-state index in [2.05, 4.69) is 20.6 Å². The first-order valence-corrected chi connectivity index (χ1v) is 7.73. The van der Waals surface area contributed by atoms with E-state index in [9.17, 15) is 14.4 Å². The Kier molecular flexibility index (Phi) is 3.97. The lowest BCUT2D eigenvalue weighted by Crippen LogP contribution is -2.69. The summed E-state index contributed by atoms with van der Waals surface area (Å²) in [6, 6.07) is -0.470. The van der Waals surface area contributed by atoms with Gasteiger partial charge in [0.1, 0.15) is 17.9 Å². The number of nitrogens with zero attached hydrogens (tertiary/aromatic N) is 3. The molecular formula is C15H19N5O3. The SMILES string of the molecule is Cc1ncc(NC(=O)N2CC(=O)NC(=O)C23CCCCC3)cn1. The number of aryl methyl sites for hydroxylation is 1. The molecule has 1 aromatic rings. The molecule has 1 aliphatic heterocycles. The minimum Gasteiger partial charge on any atom is -0.305 e. The molecule has 0 aromatic carbocycles. The molecule has 23 heavy (non-hydrogen) atoms. The van der Waals surface area contributed by atoms with Crippen molar-refractivity contribution in [1.29, 1.82) is 0 Å². The Morgan fingerprint density at radius 1 is 1.22 bits per heavy atom. The van der Waals surface area contributed by atoms with Gasteiger partial charge in [-0.3, -0.25) is 14.9 Å². The fourth-order valence-electron chi connectivity index (χ4n) is 3.25. The highest BCUT2D eigenvalue weighted by molar-refractivity contribution is 6.08. The largest absolute Gasteiger partial charge is 0.323 e. The van der Waals surface area contributed by atoms with Crippen LogP contribution in [-0.4, -0.2) is 44.8 Å². The van der Waals surface area contributed by atoms with Crippen LogP contribution in [0, 0.1) is 6.92 Å². The first kappa shape index (κ1) is 15.4. The molecule has 122 valence electrons. The highest BCUT2D eigenvalue weighted by atomic mass is 16.2. The second-order valence-electron chi connectivity index (χ2n) is 6.00. The summed E-state index contributed by atoms with van der Waals surface area (Å²) in [4.78, 5) is 46.2. The molecule has 1 aliphatic carbocycles. The zero-order valence-corrected chi connectivity index (χ0v) is 13.0. The lowest BCUT2D eigenvalue weighted by Gasteiger charge is -2.46. The van der Waals surface area contributed by atoms with Gasteiger partial charge < -0.3 is 10.2 Å². The standard InChI is InChI=1S/C15H19N5O3/c1-10-16-7-11(8-17-10)18-14(23)20-9-12(21)19-13(22)15(20)5-3-2-4-6-15/h7-8H,2-6,9H2,1H3,(H,18,23)(H,19,21,22). The summed E-state index contributed by atoms with van der Waals surface area (Å²) < 4.78 is 0. The average molecular weight is 317 g/mol. The fraction of sp³-hybridized carbons (Fsp3) is 0.533. The Labute approximate surface area is 133 Å². The number of hydrogen-bond acceptors (Lipinski definition) is 5. The van der Waals surface area contributed by atoms with E-state index in [0.717, 1.165) is 19.3 Å². The molecule has 1 aromatic heterocycles. The van der Waals surface area contributed by atoms with Gasteiger partial charge in [0.05, 0.1) is 18.1 Å². The van der Waals surface area contributed by atoms with Crippen molar-refractivity contribution in [3.63, 3.8) is 0 Å². The van der Waals surface area contributed by atoms with Gasteiger partial charge in [0.2, 0.25) is 5.91 Å². The van der Waals surface area contributed by atoms with Crippen molar-refractivity contribution >= 4 is 23.5 Å². The summed E-state index contributed by atoms with van der Waals surface area (Å²) in [6.45, 7) is 1.63. The Bertz CT molecular complexity index is 637. The van der Waals surface area contributed by atoms with Crippen LogP contribution in [0.15, 0.2) is 12.4 Å². The number of nitrogens with one attached hydrogen (secondary N) is 2. The van der Waals surface area contributed by atoms with Gasteiger partial charge in [-0.1, -0.05) is 19.3 Å². The van der Waals surface area contributed by atoms with Crippen LogP contribution in [0.4, 0.5) is 10.5 Å². The van der Waals surface area contributed by atoms with Crippen LogP contribution in [0.5, 0.6) is 0 Å². The molecule has 0 unspecified atom stereocenters. The molecule has 3 rings (SSSR count). The number of imide groups is 1. The van der Waals surface area contributed by atoms with Crippen molar-refractivity contribution in [1.82, 2.24) is 20.2 Å².